The number of hydrogen-bond acceptors (Lipinski definition) is 4. The predicted octanol–water partition coefficient (Wildman–Crippen LogP) is 2.60. The first-order valence-electron chi connectivity index (χ1n) is 6.90. The molecule has 5 heteroatoms. The van der Waals surface area contributed by atoms with Crippen molar-refractivity contribution in [2.45, 2.75) is 26.3 Å². The van der Waals surface area contributed by atoms with E-state index in [1.807, 2.05) is 31.8 Å². The van der Waals surface area contributed by atoms with Crippen molar-refractivity contribution < 1.29 is 4.79 Å². The number of carbonyl (C=O) groups is 1. The van der Waals surface area contributed by atoms with E-state index < -0.39 is 0 Å². The van der Waals surface area contributed by atoms with E-state index in [0.717, 1.165) is 17.9 Å². The number of rotatable bonds is 7. The highest BCUT2D eigenvalue weighted by Gasteiger charge is 2.17. The second-order valence-corrected chi connectivity index (χ2v) is 5.86. The Morgan fingerprint density at radius 1 is 1.50 bits per heavy atom. The van der Waals surface area contributed by atoms with E-state index in [4.69, 9.17) is 5.73 Å². The summed E-state index contributed by atoms with van der Waals surface area (Å²) >= 11 is 1.83. The molecule has 0 aromatic heterocycles. The van der Waals surface area contributed by atoms with Crippen LogP contribution in [0.3, 0.4) is 0 Å². The molecule has 20 heavy (non-hydrogen) atoms. The summed E-state index contributed by atoms with van der Waals surface area (Å²) in [4.78, 5) is 14.3. The van der Waals surface area contributed by atoms with Gasteiger partial charge in [0, 0.05) is 25.3 Å². The van der Waals surface area contributed by atoms with Crippen molar-refractivity contribution in [1.82, 2.24) is 5.32 Å². The molecule has 1 aromatic carbocycles. The summed E-state index contributed by atoms with van der Waals surface area (Å²) in [6.45, 7) is 4.70. The molecule has 0 aliphatic rings. The first kappa shape index (κ1) is 16.7. The molecule has 112 valence electrons. The summed E-state index contributed by atoms with van der Waals surface area (Å²) in [6.07, 6.45) is 3.18. The number of nitrogen functional groups attached to an aromatic ring is 1. The van der Waals surface area contributed by atoms with Crippen molar-refractivity contribution in [2.75, 3.05) is 36.2 Å². The first-order valence-corrected chi connectivity index (χ1v) is 8.30. The van der Waals surface area contributed by atoms with E-state index in [-0.39, 0.29) is 5.91 Å². The molecular weight excluding hydrogens is 270 g/mol. The lowest BCUT2D eigenvalue weighted by Gasteiger charge is -2.29. The predicted molar refractivity (Wildman–Crippen MR) is 89.7 cm³/mol. The lowest BCUT2D eigenvalue weighted by atomic mass is 10.1. The van der Waals surface area contributed by atoms with E-state index >= 15 is 0 Å². The van der Waals surface area contributed by atoms with Crippen molar-refractivity contribution in [1.29, 1.82) is 0 Å². The van der Waals surface area contributed by atoms with Gasteiger partial charge >= 0.3 is 0 Å². The molecule has 1 rings (SSSR count). The monoisotopic (exact) mass is 295 g/mol. The van der Waals surface area contributed by atoms with Gasteiger partial charge in [0.05, 0.1) is 11.3 Å². The Hall–Kier alpha value is -1.36. The molecule has 1 unspecified atom stereocenters. The van der Waals surface area contributed by atoms with E-state index in [2.05, 4.69) is 23.4 Å². The Morgan fingerprint density at radius 3 is 2.80 bits per heavy atom. The average Bonchev–Trinajstić information content (AvgIpc) is 2.43. The molecule has 0 saturated heterocycles. The van der Waals surface area contributed by atoms with Gasteiger partial charge in [-0.25, -0.2) is 0 Å². The largest absolute Gasteiger partial charge is 0.399 e. The number of amides is 1. The van der Waals surface area contributed by atoms with Gasteiger partial charge in [-0.15, -0.1) is 0 Å². The van der Waals surface area contributed by atoms with Gasteiger partial charge in [-0.05, 0) is 50.5 Å². The Bertz CT molecular complexity index is 451. The van der Waals surface area contributed by atoms with Crippen molar-refractivity contribution in [3.8, 4) is 0 Å². The molecular formula is C15H25N3OS. The fourth-order valence-electron chi connectivity index (χ4n) is 2.01. The van der Waals surface area contributed by atoms with Gasteiger partial charge in [-0.3, -0.25) is 4.79 Å². The van der Waals surface area contributed by atoms with Crippen LogP contribution in [0.5, 0.6) is 0 Å². The van der Waals surface area contributed by atoms with Gasteiger partial charge in [0.15, 0.2) is 0 Å². The van der Waals surface area contributed by atoms with Crippen LogP contribution in [0.4, 0.5) is 11.4 Å². The van der Waals surface area contributed by atoms with Crippen LogP contribution in [0, 0.1) is 0 Å². The average molecular weight is 295 g/mol. The summed E-state index contributed by atoms with van der Waals surface area (Å²) in [5.41, 5.74) is 8.13. The Kier molecular flexibility index (Phi) is 6.71. The van der Waals surface area contributed by atoms with Crippen LogP contribution >= 0.6 is 11.8 Å². The minimum Gasteiger partial charge on any atom is -0.399 e. The second kappa shape index (κ2) is 8.04. The second-order valence-electron chi connectivity index (χ2n) is 4.88. The molecule has 0 bridgehead atoms. The fourth-order valence-corrected chi connectivity index (χ4v) is 2.58. The number of thioether (sulfide) groups is 1. The third-order valence-electron chi connectivity index (χ3n) is 3.38. The summed E-state index contributed by atoms with van der Waals surface area (Å²) < 4.78 is 0. The molecule has 0 saturated carbocycles. The minimum absolute atomic E-state index is 0.0496. The number of nitrogens with two attached hydrogens (primary N) is 1. The van der Waals surface area contributed by atoms with Gasteiger partial charge in [-0.1, -0.05) is 0 Å². The fraction of sp³-hybridized carbons (Fsp3) is 0.533. The summed E-state index contributed by atoms with van der Waals surface area (Å²) in [7, 11) is 2.02. The molecule has 3 N–H and O–H groups in total. The zero-order valence-electron chi connectivity index (χ0n) is 12.8. The zero-order chi connectivity index (χ0) is 15.1. The molecule has 0 aliphatic heterocycles. The third kappa shape index (κ3) is 4.34. The maximum Gasteiger partial charge on any atom is 0.253 e. The number of carbonyl (C=O) groups excluding carboxylic acids is 1. The summed E-state index contributed by atoms with van der Waals surface area (Å²) in [6, 6.07) is 5.81. The zero-order valence-corrected chi connectivity index (χ0v) is 13.6. The maximum absolute atomic E-state index is 12.1. The SMILES string of the molecule is CCNC(=O)c1ccc(N)cc1N(C)C(C)CCSC. The van der Waals surface area contributed by atoms with Crippen molar-refractivity contribution in [3.63, 3.8) is 0 Å². The highest BCUT2D eigenvalue weighted by Crippen LogP contribution is 2.25. The number of benzene rings is 1. The van der Waals surface area contributed by atoms with Crippen molar-refractivity contribution in [3.05, 3.63) is 23.8 Å². The van der Waals surface area contributed by atoms with Gasteiger partial charge in [-0.2, -0.15) is 11.8 Å². The molecule has 1 atom stereocenters. The molecule has 1 amide bonds. The number of anilines is 2. The lowest BCUT2D eigenvalue weighted by molar-refractivity contribution is 0.0956. The normalized spacial score (nSPS) is 12.0. The van der Waals surface area contributed by atoms with Crippen molar-refractivity contribution >= 4 is 29.0 Å². The molecule has 4 nitrogen and oxygen atoms in total. The third-order valence-corrected chi connectivity index (χ3v) is 4.03. The first-order chi connectivity index (χ1) is 9.51. The van der Waals surface area contributed by atoms with Crippen LogP contribution in [-0.4, -0.2) is 37.6 Å². The van der Waals surface area contributed by atoms with E-state index in [1.165, 1.54) is 0 Å². The van der Waals surface area contributed by atoms with Crippen LogP contribution < -0.4 is 16.0 Å². The molecule has 1 aromatic rings. The Labute approximate surface area is 126 Å². The van der Waals surface area contributed by atoms with E-state index in [1.54, 1.807) is 12.1 Å². The Balaban J connectivity index is 3.01. The topological polar surface area (TPSA) is 58.4 Å². The van der Waals surface area contributed by atoms with E-state index in [9.17, 15) is 4.79 Å². The van der Waals surface area contributed by atoms with Crippen LogP contribution in [0.15, 0.2) is 18.2 Å². The highest BCUT2D eigenvalue weighted by atomic mass is 32.2. The quantitative estimate of drug-likeness (QED) is 0.759. The number of nitrogens with zero attached hydrogens (tertiary/aromatic N) is 1. The van der Waals surface area contributed by atoms with Crippen LogP contribution in [0.25, 0.3) is 0 Å². The van der Waals surface area contributed by atoms with Crippen LogP contribution in [-0.2, 0) is 0 Å². The van der Waals surface area contributed by atoms with Gasteiger partial charge < -0.3 is 16.0 Å². The maximum atomic E-state index is 12.1. The summed E-state index contributed by atoms with van der Waals surface area (Å²) in [5.74, 6) is 1.05. The van der Waals surface area contributed by atoms with Gasteiger partial charge in [0.25, 0.3) is 5.91 Å². The smallest absolute Gasteiger partial charge is 0.253 e. The minimum atomic E-state index is -0.0496. The Morgan fingerprint density at radius 2 is 2.20 bits per heavy atom. The van der Waals surface area contributed by atoms with E-state index in [0.29, 0.717) is 23.8 Å². The molecule has 0 heterocycles. The molecule has 0 fully saturated rings. The van der Waals surface area contributed by atoms with Crippen molar-refractivity contribution in [2.24, 2.45) is 0 Å². The molecule has 0 aliphatic carbocycles. The molecule has 0 spiro atoms. The number of hydrogen-bond donors (Lipinski definition) is 2. The van der Waals surface area contributed by atoms with Crippen LogP contribution in [0.1, 0.15) is 30.6 Å². The molecule has 0 radical (unpaired) electrons. The summed E-state index contributed by atoms with van der Waals surface area (Å²) in [5, 5.41) is 2.85. The lowest BCUT2D eigenvalue weighted by Crippen LogP contribution is -2.32. The highest BCUT2D eigenvalue weighted by molar-refractivity contribution is 7.98. The standard InChI is InChI=1S/C15H25N3OS/c1-5-17-15(19)13-7-6-12(16)10-14(13)18(3)11(2)8-9-20-4/h6-7,10-11H,5,8-9,16H2,1-4H3,(H,17,19). The number of nitrogens with one attached hydrogen (secondary N) is 1. The van der Waals surface area contributed by atoms with Crippen LogP contribution in [0.2, 0.25) is 0 Å². The van der Waals surface area contributed by atoms with Gasteiger partial charge in [0.1, 0.15) is 0 Å². The van der Waals surface area contributed by atoms with Gasteiger partial charge in [0.2, 0.25) is 0 Å².